The van der Waals surface area contributed by atoms with Gasteiger partial charge in [0.25, 0.3) is 5.56 Å². The van der Waals surface area contributed by atoms with E-state index in [1.807, 2.05) is 63.2 Å². The Morgan fingerprint density at radius 2 is 1.91 bits per heavy atom. The number of amides is 1. The summed E-state index contributed by atoms with van der Waals surface area (Å²) in [6.07, 6.45) is 4.22. The number of nitrogens with zero attached hydrogens (tertiary/aromatic N) is 2. The average molecular weight is 504 g/mol. The number of carbonyl (C=O) groups excluding carboxylic acids is 1. The van der Waals surface area contributed by atoms with Crippen LogP contribution in [0.5, 0.6) is 0 Å². The van der Waals surface area contributed by atoms with Crippen molar-refractivity contribution < 1.29 is 4.79 Å². The minimum absolute atomic E-state index is 0.0260. The van der Waals surface area contributed by atoms with E-state index in [1.165, 1.54) is 22.2 Å². The Morgan fingerprint density at radius 1 is 1.14 bits per heavy atom. The first-order valence-corrected chi connectivity index (χ1v) is 13.8. The summed E-state index contributed by atoms with van der Waals surface area (Å²) in [6.45, 7) is 6.04. The molecule has 4 aromatic rings. The van der Waals surface area contributed by atoms with Gasteiger partial charge in [0.05, 0.1) is 22.9 Å². The van der Waals surface area contributed by atoms with E-state index < -0.39 is 0 Å². The third-order valence-electron chi connectivity index (χ3n) is 6.56. The molecule has 0 unspecified atom stereocenters. The van der Waals surface area contributed by atoms with Gasteiger partial charge in [-0.1, -0.05) is 59.8 Å². The van der Waals surface area contributed by atoms with Crippen LogP contribution in [0.1, 0.15) is 52.9 Å². The fourth-order valence-corrected chi connectivity index (χ4v) is 6.91. The third-order valence-corrected chi connectivity index (χ3v) is 8.69. The fourth-order valence-electron chi connectivity index (χ4n) is 4.79. The highest BCUT2D eigenvalue weighted by atomic mass is 32.2. The fraction of sp³-hybridized carbons (Fsp3) is 0.321. The van der Waals surface area contributed by atoms with Gasteiger partial charge in [-0.25, -0.2) is 4.98 Å². The molecule has 2 aromatic heterocycles. The highest BCUT2D eigenvalue weighted by Gasteiger charge is 2.24. The molecule has 1 N–H and O–H groups in total. The smallest absolute Gasteiger partial charge is 0.267 e. The second-order valence-corrected chi connectivity index (χ2v) is 11.2. The largest absolute Gasteiger partial charge is 0.349 e. The first kappa shape index (κ1) is 23.8. The second kappa shape index (κ2) is 9.99. The lowest BCUT2D eigenvalue weighted by Gasteiger charge is -2.17. The van der Waals surface area contributed by atoms with Crippen LogP contribution in [0.15, 0.2) is 58.5 Å². The van der Waals surface area contributed by atoms with E-state index in [9.17, 15) is 9.59 Å². The molecule has 0 radical (unpaired) electrons. The minimum Gasteiger partial charge on any atom is -0.349 e. The number of fused-ring (bicyclic) bond motifs is 3. The predicted octanol–water partition coefficient (Wildman–Crippen LogP) is 5.91. The molecule has 2 heterocycles. The summed E-state index contributed by atoms with van der Waals surface area (Å²) in [6, 6.07) is 15.9. The van der Waals surface area contributed by atoms with Gasteiger partial charge in [0.2, 0.25) is 5.91 Å². The molecule has 0 spiro atoms. The predicted molar refractivity (Wildman–Crippen MR) is 145 cm³/mol. The average Bonchev–Trinajstić information content (AvgIpc) is 3.23. The van der Waals surface area contributed by atoms with Crippen LogP contribution in [0, 0.1) is 13.8 Å². The first-order chi connectivity index (χ1) is 16.9. The number of aromatic nitrogens is 2. The van der Waals surface area contributed by atoms with Gasteiger partial charge in [-0.3, -0.25) is 14.2 Å². The van der Waals surface area contributed by atoms with Crippen molar-refractivity contribution in [1.29, 1.82) is 0 Å². The summed E-state index contributed by atoms with van der Waals surface area (Å²) >= 11 is 2.96. The van der Waals surface area contributed by atoms with Crippen LogP contribution in [0.3, 0.4) is 0 Å². The molecule has 5 rings (SSSR count). The lowest BCUT2D eigenvalue weighted by atomic mass is 9.97. The molecule has 1 aliphatic carbocycles. The molecule has 1 aliphatic rings. The quantitative estimate of drug-likeness (QED) is 0.262. The Balaban J connectivity index is 1.51. The van der Waals surface area contributed by atoms with E-state index >= 15 is 0 Å². The summed E-state index contributed by atoms with van der Waals surface area (Å²) in [5, 5.41) is 4.39. The van der Waals surface area contributed by atoms with Crippen LogP contribution >= 0.6 is 23.1 Å². The van der Waals surface area contributed by atoms with Crippen LogP contribution in [-0.4, -0.2) is 21.2 Å². The van der Waals surface area contributed by atoms with Gasteiger partial charge >= 0.3 is 0 Å². The Morgan fingerprint density at radius 3 is 2.69 bits per heavy atom. The van der Waals surface area contributed by atoms with E-state index in [1.54, 1.807) is 15.9 Å². The number of thioether (sulfide) groups is 1. The molecule has 1 atom stereocenters. The zero-order valence-electron chi connectivity index (χ0n) is 20.3. The Labute approximate surface area is 213 Å². The van der Waals surface area contributed by atoms with Crippen molar-refractivity contribution in [1.82, 2.24) is 14.9 Å². The number of hydrogen-bond acceptors (Lipinski definition) is 5. The van der Waals surface area contributed by atoms with Gasteiger partial charge < -0.3 is 5.32 Å². The van der Waals surface area contributed by atoms with Crippen LogP contribution in [0.4, 0.5) is 0 Å². The van der Waals surface area contributed by atoms with Gasteiger partial charge in [-0.05, 0) is 69.2 Å². The van der Waals surface area contributed by atoms with Crippen molar-refractivity contribution >= 4 is 39.2 Å². The maximum Gasteiger partial charge on any atom is 0.267 e. The standard InChI is InChI=1S/C28H29N3O2S2/c1-17-13-14-22(18(2)15-17)31-27(33)25-21-11-7-8-12-23(21)35-26(25)30-28(31)34-16-24(32)29-19(3)20-9-5-4-6-10-20/h4-6,9-10,13-15,19H,7-8,11-12,16H2,1-3H3,(H,29,32)/t19-/m0/s1. The lowest BCUT2D eigenvalue weighted by Crippen LogP contribution is -2.29. The van der Waals surface area contributed by atoms with Crippen molar-refractivity contribution in [2.75, 3.05) is 5.75 Å². The number of aryl methyl sites for hydroxylation is 4. The molecule has 0 aliphatic heterocycles. The van der Waals surface area contributed by atoms with Gasteiger partial charge in [0.1, 0.15) is 4.83 Å². The Kier molecular flexibility index (Phi) is 6.80. The molecular weight excluding hydrogens is 474 g/mol. The van der Waals surface area contributed by atoms with Gasteiger partial charge in [0.15, 0.2) is 5.16 Å². The van der Waals surface area contributed by atoms with Crippen molar-refractivity contribution in [2.45, 2.75) is 57.7 Å². The number of hydrogen-bond donors (Lipinski definition) is 1. The topological polar surface area (TPSA) is 64.0 Å². The van der Waals surface area contributed by atoms with E-state index in [0.717, 1.165) is 58.3 Å². The molecule has 1 amide bonds. The zero-order valence-corrected chi connectivity index (χ0v) is 21.9. The molecule has 2 aromatic carbocycles. The molecule has 7 heteroatoms. The molecule has 5 nitrogen and oxygen atoms in total. The Hall–Kier alpha value is -2.90. The maximum absolute atomic E-state index is 13.9. The molecular formula is C28H29N3O2S2. The molecule has 0 saturated heterocycles. The maximum atomic E-state index is 13.9. The minimum atomic E-state index is -0.0923. The SMILES string of the molecule is Cc1ccc(-n2c(SCC(=O)N[C@@H](C)c3ccccc3)nc3sc4c(c3c2=O)CCCC4)c(C)c1. The molecule has 0 bridgehead atoms. The lowest BCUT2D eigenvalue weighted by molar-refractivity contribution is -0.119. The third kappa shape index (κ3) is 4.80. The monoisotopic (exact) mass is 503 g/mol. The Bertz CT molecular complexity index is 1460. The van der Waals surface area contributed by atoms with Crippen LogP contribution in [-0.2, 0) is 17.6 Å². The van der Waals surface area contributed by atoms with E-state index in [4.69, 9.17) is 4.98 Å². The number of thiophene rings is 1. The van der Waals surface area contributed by atoms with Crippen LogP contribution < -0.4 is 10.9 Å². The van der Waals surface area contributed by atoms with E-state index in [0.29, 0.717) is 5.16 Å². The summed E-state index contributed by atoms with van der Waals surface area (Å²) in [5.74, 6) is 0.101. The van der Waals surface area contributed by atoms with Crippen molar-refractivity contribution in [3.8, 4) is 5.69 Å². The van der Waals surface area contributed by atoms with E-state index in [-0.39, 0.29) is 23.3 Å². The normalized spacial score (nSPS) is 14.0. The summed E-state index contributed by atoms with van der Waals surface area (Å²) in [5.41, 5.74) is 5.19. The summed E-state index contributed by atoms with van der Waals surface area (Å²) in [4.78, 5) is 33.8. The van der Waals surface area contributed by atoms with Gasteiger partial charge in [-0.15, -0.1) is 11.3 Å². The second-order valence-electron chi connectivity index (χ2n) is 9.20. The zero-order chi connectivity index (χ0) is 24.5. The van der Waals surface area contributed by atoms with Crippen molar-refractivity contribution in [3.63, 3.8) is 0 Å². The number of nitrogens with one attached hydrogen (secondary N) is 1. The molecule has 35 heavy (non-hydrogen) atoms. The number of carbonyl (C=O) groups is 1. The molecule has 180 valence electrons. The number of benzene rings is 2. The highest BCUT2D eigenvalue weighted by molar-refractivity contribution is 7.99. The summed E-state index contributed by atoms with van der Waals surface area (Å²) < 4.78 is 1.72. The van der Waals surface area contributed by atoms with Gasteiger partial charge in [-0.2, -0.15) is 0 Å². The first-order valence-electron chi connectivity index (χ1n) is 12.0. The number of rotatable bonds is 6. The summed E-state index contributed by atoms with van der Waals surface area (Å²) in [7, 11) is 0. The van der Waals surface area contributed by atoms with E-state index in [2.05, 4.69) is 11.4 Å². The highest BCUT2D eigenvalue weighted by Crippen LogP contribution is 2.35. The van der Waals surface area contributed by atoms with Crippen molar-refractivity contribution in [3.05, 3.63) is 86.0 Å². The van der Waals surface area contributed by atoms with Crippen LogP contribution in [0.2, 0.25) is 0 Å². The van der Waals surface area contributed by atoms with Gasteiger partial charge in [0, 0.05) is 4.88 Å². The van der Waals surface area contributed by atoms with Crippen LogP contribution in [0.25, 0.3) is 15.9 Å². The molecule has 0 saturated carbocycles. The molecule has 0 fully saturated rings. The van der Waals surface area contributed by atoms with Crippen molar-refractivity contribution in [2.24, 2.45) is 0 Å².